The van der Waals surface area contributed by atoms with E-state index in [1.807, 2.05) is 6.07 Å². The minimum atomic E-state index is -0.672. The third kappa shape index (κ3) is 3.49. The van der Waals surface area contributed by atoms with Crippen molar-refractivity contribution in [3.8, 4) is 11.5 Å². The highest BCUT2D eigenvalue weighted by Crippen LogP contribution is 2.39. The number of hydrogen-bond donors (Lipinski definition) is 2. The Bertz CT molecular complexity index is 1050. The summed E-state index contributed by atoms with van der Waals surface area (Å²) in [7, 11) is 3.05. The fourth-order valence-electron chi connectivity index (χ4n) is 2.92. The summed E-state index contributed by atoms with van der Waals surface area (Å²) in [5, 5.41) is 25.8. The number of benzene rings is 2. The smallest absolute Gasteiger partial charge is 0.327 e. The Morgan fingerprint density at radius 2 is 1.86 bits per heavy atom. The van der Waals surface area contributed by atoms with Gasteiger partial charge in [0.2, 0.25) is 0 Å². The minimum absolute atomic E-state index is 0.0595. The Morgan fingerprint density at radius 3 is 2.50 bits per heavy atom. The van der Waals surface area contributed by atoms with Crippen LogP contribution < -0.4 is 14.8 Å². The summed E-state index contributed by atoms with van der Waals surface area (Å²) in [6.45, 7) is 0.229. The topological polar surface area (TPSA) is 145 Å². The Labute approximate surface area is 158 Å². The molecule has 3 aromatic rings. The number of aromatic amines is 1. The lowest BCUT2D eigenvalue weighted by Crippen LogP contribution is -2.10. The molecule has 11 heteroatoms. The van der Waals surface area contributed by atoms with E-state index in [0.717, 1.165) is 5.56 Å². The van der Waals surface area contributed by atoms with Crippen LogP contribution >= 0.6 is 0 Å². The number of imidazole rings is 1. The van der Waals surface area contributed by atoms with Crippen LogP contribution in [0, 0.1) is 20.2 Å². The van der Waals surface area contributed by atoms with E-state index in [1.54, 1.807) is 12.1 Å². The van der Waals surface area contributed by atoms with Gasteiger partial charge in [0.1, 0.15) is 0 Å². The van der Waals surface area contributed by atoms with Gasteiger partial charge in [0.15, 0.2) is 22.7 Å². The van der Waals surface area contributed by atoms with E-state index in [2.05, 4.69) is 15.3 Å². The minimum Gasteiger partial charge on any atom is -0.493 e. The first kappa shape index (κ1) is 18.9. The van der Waals surface area contributed by atoms with Gasteiger partial charge in [-0.3, -0.25) is 20.2 Å². The van der Waals surface area contributed by atoms with Gasteiger partial charge < -0.3 is 19.8 Å². The molecule has 0 aliphatic carbocycles. The van der Waals surface area contributed by atoms with Crippen LogP contribution in [0.5, 0.6) is 11.5 Å². The van der Waals surface area contributed by atoms with E-state index in [1.165, 1.54) is 26.6 Å². The zero-order valence-electron chi connectivity index (χ0n) is 15.1. The Morgan fingerprint density at radius 1 is 1.11 bits per heavy atom. The molecule has 11 nitrogen and oxygen atoms in total. The summed E-state index contributed by atoms with van der Waals surface area (Å²) in [5.74, 6) is 1.13. The van der Waals surface area contributed by atoms with Crippen LogP contribution in [-0.4, -0.2) is 40.6 Å². The molecule has 1 aromatic heterocycles. The molecule has 0 fully saturated rings. The van der Waals surface area contributed by atoms with Gasteiger partial charge in [-0.15, -0.1) is 0 Å². The van der Waals surface area contributed by atoms with Crippen LogP contribution in [0.3, 0.4) is 0 Å². The molecule has 0 aliphatic rings. The lowest BCUT2D eigenvalue weighted by atomic mass is 10.1. The van der Waals surface area contributed by atoms with E-state index in [0.29, 0.717) is 17.9 Å². The number of ether oxygens (including phenoxy) is 2. The first-order chi connectivity index (χ1) is 13.5. The summed E-state index contributed by atoms with van der Waals surface area (Å²) in [6.07, 6.45) is 1.71. The normalized spacial score (nSPS) is 10.6. The number of H-pyrrole nitrogens is 1. The number of rotatable bonds is 8. The molecule has 2 aromatic carbocycles. The largest absolute Gasteiger partial charge is 0.493 e. The standard InChI is InChI=1S/C17H17N5O6/c1-27-13-4-3-10(7-14(13)28-2)5-6-18-16-12(21(23)24)8-11-15(20-9-19-11)17(16)22(25)26/h3-4,7-9,18H,5-6H2,1-2H3,(H,19,20). The maximum Gasteiger partial charge on any atom is 0.327 e. The number of nitrogens with one attached hydrogen (secondary N) is 2. The Kier molecular flexibility index (Phi) is 5.25. The predicted octanol–water partition coefficient (Wildman–Crippen LogP) is 3.05. The first-order valence-electron chi connectivity index (χ1n) is 8.20. The lowest BCUT2D eigenvalue weighted by molar-refractivity contribution is -0.391. The highest BCUT2D eigenvalue weighted by atomic mass is 16.6. The van der Waals surface area contributed by atoms with E-state index in [4.69, 9.17) is 9.47 Å². The molecular weight excluding hydrogens is 370 g/mol. The summed E-state index contributed by atoms with van der Waals surface area (Å²) in [5.41, 5.74) is 0.160. The van der Waals surface area contributed by atoms with Gasteiger partial charge in [-0.1, -0.05) is 6.07 Å². The van der Waals surface area contributed by atoms with Gasteiger partial charge in [-0.2, -0.15) is 0 Å². The quantitative estimate of drug-likeness (QED) is 0.443. The highest BCUT2D eigenvalue weighted by Gasteiger charge is 2.30. The Balaban J connectivity index is 1.90. The second-order valence-electron chi connectivity index (χ2n) is 5.80. The monoisotopic (exact) mass is 387 g/mol. The molecule has 1 heterocycles. The number of aromatic nitrogens is 2. The number of nitro benzene ring substituents is 2. The van der Waals surface area contributed by atoms with E-state index in [9.17, 15) is 20.2 Å². The molecule has 0 spiro atoms. The first-order valence-corrected chi connectivity index (χ1v) is 8.20. The summed E-state index contributed by atoms with van der Waals surface area (Å²) in [4.78, 5) is 28.2. The van der Waals surface area contributed by atoms with Crippen molar-refractivity contribution in [1.82, 2.24) is 9.97 Å². The predicted molar refractivity (Wildman–Crippen MR) is 101 cm³/mol. The van der Waals surface area contributed by atoms with Crippen molar-refractivity contribution in [2.45, 2.75) is 6.42 Å². The molecule has 3 rings (SSSR count). The molecule has 0 radical (unpaired) electrons. The van der Waals surface area contributed by atoms with Crippen molar-refractivity contribution in [1.29, 1.82) is 0 Å². The molecule has 0 saturated heterocycles. The number of nitro groups is 2. The van der Waals surface area contributed by atoms with E-state index >= 15 is 0 Å². The summed E-state index contributed by atoms with van der Waals surface area (Å²) < 4.78 is 10.4. The molecule has 0 atom stereocenters. The third-order valence-electron chi connectivity index (χ3n) is 4.21. The van der Waals surface area contributed by atoms with E-state index in [-0.39, 0.29) is 23.3 Å². The zero-order chi connectivity index (χ0) is 20.3. The average molecular weight is 387 g/mol. The van der Waals surface area contributed by atoms with Crippen molar-refractivity contribution in [3.63, 3.8) is 0 Å². The molecule has 0 saturated carbocycles. The fourth-order valence-corrected chi connectivity index (χ4v) is 2.92. The molecule has 0 unspecified atom stereocenters. The molecule has 28 heavy (non-hydrogen) atoms. The van der Waals surface area contributed by atoms with E-state index < -0.39 is 21.2 Å². The number of fused-ring (bicyclic) bond motifs is 1. The van der Waals surface area contributed by atoms with Crippen molar-refractivity contribution in [2.75, 3.05) is 26.1 Å². The summed E-state index contributed by atoms with van der Waals surface area (Å²) in [6, 6.07) is 6.58. The fraction of sp³-hybridized carbons (Fsp3) is 0.235. The second kappa shape index (κ2) is 7.78. The van der Waals surface area contributed by atoms with Gasteiger partial charge in [0.05, 0.1) is 35.9 Å². The molecule has 2 N–H and O–H groups in total. The lowest BCUT2D eigenvalue weighted by Gasteiger charge is -2.11. The SMILES string of the molecule is COc1ccc(CCNc2c([N+](=O)[O-])cc3[nH]cnc3c2[N+](=O)[O-])cc1OC. The van der Waals surface area contributed by atoms with Gasteiger partial charge in [-0.05, 0) is 24.1 Å². The van der Waals surface area contributed by atoms with Crippen molar-refractivity contribution in [2.24, 2.45) is 0 Å². The second-order valence-corrected chi connectivity index (χ2v) is 5.80. The molecule has 0 bridgehead atoms. The maximum atomic E-state index is 11.6. The van der Waals surface area contributed by atoms with Crippen LogP contribution in [0.25, 0.3) is 11.0 Å². The Hall–Kier alpha value is -3.89. The number of nitrogens with zero attached hydrogens (tertiary/aromatic N) is 3. The number of methoxy groups -OCH3 is 2. The summed E-state index contributed by atoms with van der Waals surface area (Å²) >= 11 is 0. The highest BCUT2D eigenvalue weighted by molar-refractivity contribution is 5.96. The van der Waals surface area contributed by atoms with Gasteiger partial charge in [0, 0.05) is 12.6 Å². The number of anilines is 1. The molecule has 0 amide bonds. The van der Waals surface area contributed by atoms with Crippen LogP contribution in [-0.2, 0) is 6.42 Å². The molecule has 146 valence electrons. The van der Waals surface area contributed by atoms with Gasteiger partial charge >= 0.3 is 11.4 Å². The van der Waals surface area contributed by atoms with Crippen LogP contribution in [0.4, 0.5) is 17.1 Å². The van der Waals surface area contributed by atoms with Crippen LogP contribution in [0.2, 0.25) is 0 Å². The molecule has 0 aliphatic heterocycles. The van der Waals surface area contributed by atoms with Gasteiger partial charge in [0.25, 0.3) is 0 Å². The van der Waals surface area contributed by atoms with Gasteiger partial charge in [-0.25, -0.2) is 4.98 Å². The van der Waals surface area contributed by atoms with Crippen LogP contribution in [0.1, 0.15) is 5.56 Å². The van der Waals surface area contributed by atoms with Crippen molar-refractivity contribution in [3.05, 3.63) is 56.4 Å². The van der Waals surface area contributed by atoms with Crippen molar-refractivity contribution < 1.29 is 19.3 Å². The van der Waals surface area contributed by atoms with Crippen molar-refractivity contribution >= 4 is 28.1 Å². The number of hydrogen-bond acceptors (Lipinski definition) is 8. The molecular formula is C17H17N5O6. The van der Waals surface area contributed by atoms with Crippen LogP contribution in [0.15, 0.2) is 30.6 Å². The zero-order valence-corrected chi connectivity index (χ0v) is 15.1. The third-order valence-corrected chi connectivity index (χ3v) is 4.21. The average Bonchev–Trinajstić information content (AvgIpc) is 3.14. The maximum absolute atomic E-state index is 11.6.